The summed E-state index contributed by atoms with van der Waals surface area (Å²) in [5.74, 6) is 2.23. The van der Waals surface area contributed by atoms with Crippen molar-refractivity contribution in [2.45, 2.75) is 147 Å². The van der Waals surface area contributed by atoms with Gasteiger partial charge in [-0.3, -0.25) is 0 Å². The first-order chi connectivity index (χ1) is 20.8. The van der Waals surface area contributed by atoms with Crippen LogP contribution in [0.3, 0.4) is 0 Å². The van der Waals surface area contributed by atoms with Crippen LogP contribution in [0.15, 0.2) is 36.4 Å². The van der Waals surface area contributed by atoms with Gasteiger partial charge in [0.05, 0.1) is 0 Å². The third kappa shape index (κ3) is 6.86. The van der Waals surface area contributed by atoms with Gasteiger partial charge in [0.1, 0.15) is 0 Å². The minimum atomic E-state index is -1.37. The van der Waals surface area contributed by atoms with Gasteiger partial charge < -0.3 is 0 Å². The second-order valence-electron chi connectivity index (χ2n) is 13.7. The van der Waals surface area contributed by atoms with Crippen LogP contribution in [0.5, 0.6) is 11.5 Å². The molecule has 4 saturated carbocycles. The molecule has 0 atom stereocenters. The van der Waals surface area contributed by atoms with Gasteiger partial charge in [-0.2, -0.15) is 0 Å². The van der Waals surface area contributed by atoms with Gasteiger partial charge >= 0.3 is 268 Å². The molecular weight excluding hydrogens is 638 g/mol. The topological polar surface area (TPSA) is 18.5 Å². The van der Waals surface area contributed by atoms with Crippen molar-refractivity contribution in [2.75, 3.05) is 14.2 Å². The van der Waals surface area contributed by atoms with Crippen molar-refractivity contribution in [3.05, 3.63) is 36.4 Å². The van der Waals surface area contributed by atoms with E-state index in [0.29, 0.717) is 0 Å². The summed E-state index contributed by atoms with van der Waals surface area (Å²) in [6, 6.07) is 14.4. The van der Waals surface area contributed by atoms with Gasteiger partial charge in [0.15, 0.2) is 0 Å². The fraction of sp³-hybridized carbons (Fsp3) is 0.684. The zero-order valence-electron chi connectivity index (χ0n) is 26.6. The molecule has 0 unspecified atom stereocenters. The Balaban J connectivity index is 1.54. The van der Waals surface area contributed by atoms with E-state index in [0.717, 1.165) is 30.3 Å². The summed E-state index contributed by atoms with van der Waals surface area (Å²) in [6.45, 7) is 0. The number of benzene rings is 2. The average Bonchev–Trinajstić information content (AvgIpc) is 3.07. The summed E-state index contributed by atoms with van der Waals surface area (Å²) in [7, 11) is 3.85. The quantitative estimate of drug-likeness (QED) is 0.243. The summed E-state index contributed by atoms with van der Waals surface area (Å²) in [6.07, 6.45) is 29.1. The maximum atomic E-state index is 6.37. The Morgan fingerprint density at radius 3 is 0.976 bits per heavy atom. The molecular formula is C38H56As2O2. The molecule has 4 aliphatic carbocycles. The van der Waals surface area contributed by atoms with E-state index >= 15 is 0 Å². The van der Waals surface area contributed by atoms with Crippen LogP contribution in [-0.2, 0) is 0 Å². The SMILES string of the molecule is COc1cccc([As](C2CCCCC2)C2CCCCC2)c1-c1c(OC)cccc1[As](C1CCCCC1)C1CCCCC1. The maximum absolute atomic E-state index is 6.37. The molecule has 0 radical (unpaired) electrons. The summed E-state index contributed by atoms with van der Waals surface area (Å²) in [5.41, 5.74) is 2.96. The number of hydrogen-bond donors (Lipinski definition) is 0. The molecule has 2 aromatic rings. The van der Waals surface area contributed by atoms with Gasteiger partial charge in [-0.25, -0.2) is 0 Å². The van der Waals surface area contributed by atoms with E-state index < -0.39 is 29.3 Å². The number of methoxy groups -OCH3 is 2. The Labute approximate surface area is 266 Å². The van der Waals surface area contributed by atoms with Crippen LogP contribution in [0, 0.1) is 0 Å². The van der Waals surface area contributed by atoms with Crippen LogP contribution >= 0.6 is 0 Å². The number of rotatable bonds is 9. The van der Waals surface area contributed by atoms with E-state index in [1.807, 2.05) is 14.2 Å². The van der Waals surface area contributed by atoms with Crippen LogP contribution in [0.4, 0.5) is 0 Å². The van der Waals surface area contributed by atoms with Crippen molar-refractivity contribution in [3.63, 3.8) is 0 Å². The Morgan fingerprint density at radius 1 is 0.429 bits per heavy atom. The second kappa shape index (κ2) is 15.4. The molecule has 4 fully saturated rings. The van der Waals surface area contributed by atoms with Crippen LogP contribution in [0.25, 0.3) is 11.1 Å². The fourth-order valence-corrected chi connectivity index (χ4v) is 25.8. The summed E-state index contributed by atoms with van der Waals surface area (Å²) in [5, 5.41) is 0. The predicted octanol–water partition coefficient (Wildman–Crippen LogP) is 10.1. The first-order valence-corrected chi connectivity index (χ1v) is 23.9. The molecule has 6 rings (SSSR count). The third-order valence-corrected chi connectivity index (χ3v) is 26.0. The second-order valence-corrected chi connectivity index (χ2v) is 25.3. The summed E-state index contributed by atoms with van der Waals surface area (Å²) < 4.78 is 20.0. The monoisotopic (exact) mass is 694 g/mol. The van der Waals surface area contributed by atoms with Crippen LogP contribution in [0.1, 0.15) is 128 Å². The van der Waals surface area contributed by atoms with Crippen molar-refractivity contribution < 1.29 is 9.47 Å². The molecule has 42 heavy (non-hydrogen) atoms. The van der Waals surface area contributed by atoms with Crippen molar-refractivity contribution in [3.8, 4) is 22.6 Å². The minimum absolute atomic E-state index is 0.948. The van der Waals surface area contributed by atoms with Crippen molar-refractivity contribution in [1.29, 1.82) is 0 Å². The van der Waals surface area contributed by atoms with Crippen LogP contribution in [-0.4, -0.2) is 43.5 Å². The molecule has 0 saturated heterocycles. The molecule has 0 heterocycles. The van der Waals surface area contributed by atoms with E-state index in [1.165, 1.54) is 140 Å². The standard InChI is InChI=1S/C38H56As2O2/c1-41-35-27-15-25-33(39(29-17-7-3-8-18-29)30-19-9-4-10-20-30)37(35)38-34(26-16-28-36(38)42-2)40(31-21-11-5-12-22-31)32-23-13-6-14-24-32/h15-16,25-32H,3-14,17-24H2,1-2H3. The molecule has 4 aliphatic rings. The molecule has 0 spiro atoms. The molecule has 0 aromatic heterocycles. The zero-order chi connectivity index (χ0) is 28.7. The number of ether oxygens (including phenoxy) is 2. The fourth-order valence-electron chi connectivity index (χ4n) is 9.13. The predicted molar refractivity (Wildman–Crippen MR) is 183 cm³/mol. The van der Waals surface area contributed by atoms with Crippen LogP contribution in [0.2, 0.25) is 18.8 Å². The molecule has 0 N–H and O–H groups in total. The van der Waals surface area contributed by atoms with Crippen molar-refractivity contribution >= 4 is 38.0 Å². The Morgan fingerprint density at radius 2 is 0.714 bits per heavy atom. The van der Waals surface area contributed by atoms with E-state index in [4.69, 9.17) is 9.47 Å². The first-order valence-electron chi connectivity index (χ1n) is 17.7. The third-order valence-electron chi connectivity index (χ3n) is 11.1. The van der Waals surface area contributed by atoms with Gasteiger partial charge in [-0.05, 0) is 0 Å². The van der Waals surface area contributed by atoms with Gasteiger partial charge in [-0.15, -0.1) is 0 Å². The summed E-state index contributed by atoms with van der Waals surface area (Å²) in [4.78, 5) is 0. The van der Waals surface area contributed by atoms with Gasteiger partial charge in [0.25, 0.3) is 0 Å². The van der Waals surface area contributed by atoms with Crippen LogP contribution < -0.4 is 18.2 Å². The summed E-state index contributed by atoms with van der Waals surface area (Å²) >= 11 is -2.75. The zero-order valence-corrected chi connectivity index (χ0v) is 30.4. The molecule has 0 bridgehead atoms. The van der Waals surface area contributed by atoms with E-state index in [2.05, 4.69) is 36.4 Å². The van der Waals surface area contributed by atoms with Crippen molar-refractivity contribution in [1.82, 2.24) is 0 Å². The van der Waals surface area contributed by atoms with Crippen molar-refractivity contribution in [2.24, 2.45) is 0 Å². The first kappa shape index (κ1) is 31.2. The molecule has 2 aromatic carbocycles. The Bertz CT molecular complexity index is 998. The van der Waals surface area contributed by atoms with Gasteiger partial charge in [-0.1, -0.05) is 0 Å². The molecule has 2 nitrogen and oxygen atoms in total. The van der Waals surface area contributed by atoms with E-state index in [1.54, 1.807) is 8.70 Å². The van der Waals surface area contributed by atoms with E-state index in [9.17, 15) is 0 Å². The molecule has 4 heteroatoms. The number of hydrogen-bond acceptors (Lipinski definition) is 2. The molecule has 0 aliphatic heterocycles. The Kier molecular flexibility index (Phi) is 11.4. The van der Waals surface area contributed by atoms with Gasteiger partial charge in [0, 0.05) is 0 Å². The molecule has 230 valence electrons. The Hall–Kier alpha value is -0.843. The molecule has 0 amide bonds. The van der Waals surface area contributed by atoms with Gasteiger partial charge in [0.2, 0.25) is 0 Å². The van der Waals surface area contributed by atoms with E-state index in [-0.39, 0.29) is 0 Å². The normalized spacial score (nSPS) is 22.1. The average molecular weight is 695 g/mol.